The van der Waals surface area contributed by atoms with E-state index >= 15 is 0 Å². The SMILES string of the molecule is C=C(C)C(=O)OCc1c(Cc2ccccc2)nc(-c2ccccc2)n1-c1ccccc1. The molecule has 0 fully saturated rings. The van der Waals surface area contributed by atoms with Gasteiger partial charge in [0.1, 0.15) is 12.4 Å². The minimum Gasteiger partial charge on any atom is -0.456 e. The van der Waals surface area contributed by atoms with Crippen molar-refractivity contribution in [2.45, 2.75) is 20.0 Å². The van der Waals surface area contributed by atoms with Crippen molar-refractivity contribution in [2.75, 3.05) is 0 Å². The Bertz CT molecular complexity index is 1180. The van der Waals surface area contributed by atoms with E-state index in [2.05, 4.69) is 23.3 Å². The predicted octanol–water partition coefficient (Wildman–Crippen LogP) is 5.75. The largest absolute Gasteiger partial charge is 0.456 e. The van der Waals surface area contributed by atoms with Crippen LogP contribution in [0.3, 0.4) is 0 Å². The summed E-state index contributed by atoms with van der Waals surface area (Å²) in [5, 5.41) is 0. The van der Waals surface area contributed by atoms with Crippen molar-refractivity contribution in [3.8, 4) is 17.1 Å². The molecule has 0 saturated carbocycles. The molecule has 0 saturated heterocycles. The lowest BCUT2D eigenvalue weighted by Crippen LogP contribution is -2.10. The van der Waals surface area contributed by atoms with Gasteiger partial charge in [0.05, 0.1) is 11.4 Å². The van der Waals surface area contributed by atoms with Gasteiger partial charge in [-0.15, -0.1) is 0 Å². The molecular weight excluding hydrogens is 384 g/mol. The van der Waals surface area contributed by atoms with Gasteiger partial charge in [-0.25, -0.2) is 9.78 Å². The van der Waals surface area contributed by atoms with Gasteiger partial charge in [0.15, 0.2) is 0 Å². The van der Waals surface area contributed by atoms with Gasteiger partial charge in [0.25, 0.3) is 0 Å². The van der Waals surface area contributed by atoms with Gasteiger partial charge in [-0.1, -0.05) is 85.4 Å². The van der Waals surface area contributed by atoms with Crippen molar-refractivity contribution in [2.24, 2.45) is 0 Å². The average Bonchev–Trinajstić information content (AvgIpc) is 3.17. The van der Waals surface area contributed by atoms with E-state index in [1.54, 1.807) is 6.92 Å². The highest BCUT2D eigenvalue weighted by Crippen LogP contribution is 2.29. The Labute approximate surface area is 182 Å². The van der Waals surface area contributed by atoms with Crippen LogP contribution in [0.15, 0.2) is 103 Å². The highest BCUT2D eigenvalue weighted by atomic mass is 16.5. The molecule has 3 aromatic carbocycles. The number of rotatable bonds is 7. The van der Waals surface area contributed by atoms with Gasteiger partial charge < -0.3 is 4.74 Å². The third-order valence-electron chi connectivity index (χ3n) is 5.00. The molecule has 0 radical (unpaired) electrons. The van der Waals surface area contributed by atoms with Crippen molar-refractivity contribution in [3.63, 3.8) is 0 Å². The molecule has 0 aliphatic heterocycles. The van der Waals surface area contributed by atoms with E-state index in [0.29, 0.717) is 12.0 Å². The minimum atomic E-state index is -0.410. The van der Waals surface area contributed by atoms with E-state index in [0.717, 1.165) is 34.0 Å². The van der Waals surface area contributed by atoms with E-state index in [-0.39, 0.29) is 6.61 Å². The minimum absolute atomic E-state index is 0.114. The average molecular weight is 409 g/mol. The quantitative estimate of drug-likeness (QED) is 0.289. The maximum atomic E-state index is 12.2. The van der Waals surface area contributed by atoms with Gasteiger partial charge in [-0.3, -0.25) is 4.57 Å². The Kier molecular flexibility index (Phi) is 6.08. The number of benzene rings is 3. The van der Waals surface area contributed by atoms with E-state index < -0.39 is 5.97 Å². The van der Waals surface area contributed by atoms with Gasteiger partial charge in [-0.2, -0.15) is 0 Å². The number of hydrogen-bond donors (Lipinski definition) is 0. The lowest BCUT2D eigenvalue weighted by Gasteiger charge is -2.14. The second-order valence-corrected chi connectivity index (χ2v) is 7.38. The summed E-state index contributed by atoms with van der Waals surface area (Å²) in [4.78, 5) is 17.2. The number of para-hydroxylation sites is 1. The summed E-state index contributed by atoms with van der Waals surface area (Å²) in [6, 6.07) is 30.3. The zero-order valence-corrected chi connectivity index (χ0v) is 17.5. The Balaban J connectivity index is 1.87. The first-order chi connectivity index (χ1) is 15.1. The summed E-state index contributed by atoms with van der Waals surface area (Å²) in [6.07, 6.45) is 0.639. The molecule has 31 heavy (non-hydrogen) atoms. The molecule has 0 aliphatic carbocycles. The van der Waals surface area contributed by atoms with Crippen LogP contribution < -0.4 is 0 Å². The molecule has 4 heteroatoms. The van der Waals surface area contributed by atoms with Crippen LogP contribution in [0.5, 0.6) is 0 Å². The van der Waals surface area contributed by atoms with Gasteiger partial charge in [-0.05, 0) is 24.6 Å². The number of ether oxygens (including phenoxy) is 1. The van der Waals surface area contributed by atoms with Crippen LogP contribution in [-0.2, 0) is 22.6 Å². The van der Waals surface area contributed by atoms with E-state index in [1.165, 1.54) is 0 Å². The molecule has 0 N–H and O–H groups in total. The molecule has 0 bridgehead atoms. The van der Waals surface area contributed by atoms with Gasteiger partial charge in [0, 0.05) is 23.2 Å². The van der Waals surface area contributed by atoms with E-state index in [1.807, 2.05) is 78.9 Å². The second kappa shape index (κ2) is 9.26. The van der Waals surface area contributed by atoms with Crippen LogP contribution in [0, 0.1) is 0 Å². The fourth-order valence-corrected chi connectivity index (χ4v) is 3.47. The first-order valence-electron chi connectivity index (χ1n) is 10.2. The number of esters is 1. The molecule has 4 nitrogen and oxygen atoms in total. The van der Waals surface area contributed by atoms with Crippen LogP contribution >= 0.6 is 0 Å². The Morgan fingerprint density at radius 3 is 2.10 bits per heavy atom. The van der Waals surface area contributed by atoms with Crippen LogP contribution in [-0.4, -0.2) is 15.5 Å². The lowest BCUT2D eigenvalue weighted by molar-refractivity contribution is -0.140. The molecular formula is C27H24N2O2. The van der Waals surface area contributed by atoms with Crippen LogP contribution in [0.1, 0.15) is 23.9 Å². The fourth-order valence-electron chi connectivity index (χ4n) is 3.47. The maximum absolute atomic E-state index is 12.2. The Hall–Kier alpha value is -3.92. The number of imidazole rings is 1. The Morgan fingerprint density at radius 2 is 1.48 bits per heavy atom. The maximum Gasteiger partial charge on any atom is 0.333 e. The third kappa shape index (κ3) is 4.64. The molecule has 154 valence electrons. The summed E-state index contributed by atoms with van der Waals surface area (Å²) >= 11 is 0. The highest BCUT2D eigenvalue weighted by molar-refractivity contribution is 5.86. The zero-order chi connectivity index (χ0) is 21.6. The molecule has 1 aromatic heterocycles. The smallest absolute Gasteiger partial charge is 0.333 e. The van der Waals surface area contributed by atoms with Crippen LogP contribution in [0.25, 0.3) is 17.1 Å². The number of aromatic nitrogens is 2. The predicted molar refractivity (Wildman–Crippen MR) is 123 cm³/mol. The number of carbonyl (C=O) groups is 1. The Morgan fingerprint density at radius 1 is 0.903 bits per heavy atom. The summed E-state index contributed by atoms with van der Waals surface area (Å²) in [5.74, 6) is 0.409. The van der Waals surface area contributed by atoms with Crippen LogP contribution in [0.2, 0.25) is 0 Å². The molecule has 0 unspecified atom stereocenters. The lowest BCUT2D eigenvalue weighted by atomic mass is 10.1. The molecule has 4 rings (SSSR count). The first-order valence-corrected chi connectivity index (χ1v) is 10.2. The number of nitrogens with zero attached hydrogens (tertiary/aromatic N) is 2. The zero-order valence-electron chi connectivity index (χ0n) is 17.5. The van der Waals surface area contributed by atoms with Crippen molar-refractivity contribution in [1.29, 1.82) is 0 Å². The summed E-state index contributed by atoms with van der Waals surface area (Å²) in [5.41, 5.74) is 5.21. The first kappa shape index (κ1) is 20.4. The second-order valence-electron chi connectivity index (χ2n) is 7.38. The van der Waals surface area contributed by atoms with Gasteiger partial charge in [0.2, 0.25) is 0 Å². The third-order valence-corrected chi connectivity index (χ3v) is 5.00. The van der Waals surface area contributed by atoms with Gasteiger partial charge >= 0.3 is 5.97 Å². The molecule has 4 aromatic rings. The van der Waals surface area contributed by atoms with E-state index in [4.69, 9.17) is 9.72 Å². The van der Waals surface area contributed by atoms with Crippen LogP contribution in [0.4, 0.5) is 0 Å². The fraction of sp³-hybridized carbons (Fsp3) is 0.111. The molecule has 0 spiro atoms. The standard InChI is InChI=1S/C27H24N2O2/c1-20(2)27(30)31-19-25-24(18-21-12-6-3-7-13-21)28-26(22-14-8-4-9-15-22)29(25)23-16-10-5-11-17-23/h3-17H,1,18-19H2,2H3. The number of carbonyl (C=O) groups excluding carboxylic acids is 1. The molecule has 0 amide bonds. The monoisotopic (exact) mass is 408 g/mol. The topological polar surface area (TPSA) is 44.1 Å². The van der Waals surface area contributed by atoms with Crippen molar-refractivity contribution < 1.29 is 9.53 Å². The summed E-state index contributed by atoms with van der Waals surface area (Å²) < 4.78 is 7.66. The summed E-state index contributed by atoms with van der Waals surface area (Å²) in [6.45, 7) is 5.46. The normalized spacial score (nSPS) is 10.6. The highest BCUT2D eigenvalue weighted by Gasteiger charge is 2.21. The molecule has 0 aliphatic rings. The van der Waals surface area contributed by atoms with Crippen molar-refractivity contribution in [3.05, 3.63) is 120 Å². The molecule has 1 heterocycles. The molecule has 0 atom stereocenters. The van der Waals surface area contributed by atoms with Crippen molar-refractivity contribution in [1.82, 2.24) is 9.55 Å². The number of hydrogen-bond acceptors (Lipinski definition) is 3. The summed E-state index contributed by atoms with van der Waals surface area (Å²) in [7, 11) is 0. The van der Waals surface area contributed by atoms with E-state index in [9.17, 15) is 4.79 Å². The van der Waals surface area contributed by atoms with Crippen molar-refractivity contribution >= 4 is 5.97 Å².